The summed E-state index contributed by atoms with van der Waals surface area (Å²) in [6, 6.07) is 7.34. The van der Waals surface area contributed by atoms with Crippen molar-refractivity contribution in [2.24, 2.45) is 0 Å². The van der Waals surface area contributed by atoms with Gasteiger partial charge in [-0.25, -0.2) is 0 Å². The van der Waals surface area contributed by atoms with Gasteiger partial charge in [-0.3, -0.25) is 0 Å². The van der Waals surface area contributed by atoms with Crippen LogP contribution in [0.3, 0.4) is 0 Å². The molecule has 0 amide bonds. The second-order valence-electron chi connectivity index (χ2n) is 2.48. The standard InChI is InChI=1S/C9H9ClO/c1-7(6-11)8-3-2-4-9(10)5-8/h2-7H,1H3/t7-/m1/s1. The van der Waals surface area contributed by atoms with Crippen LogP contribution < -0.4 is 0 Å². The molecule has 0 aliphatic rings. The highest BCUT2D eigenvalue weighted by Gasteiger charge is 2.02. The number of rotatable bonds is 2. The van der Waals surface area contributed by atoms with Crippen molar-refractivity contribution in [1.82, 2.24) is 0 Å². The number of benzene rings is 1. The first-order valence-corrected chi connectivity index (χ1v) is 3.82. The van der Waals surface area contributed by atoms with E-state index < -0.39 is 0 Å². The Morgan fingerprint density at radius 1 is 1.55 bits per heavy atom. The van der Waals surface area contributed by atoms with Gasteiger partial charge in [0.15, 0.2) is 0 Å². The van der Waals surface area contributed by atoms with Crippen molar-refractivity contribution in [2.75, 3.05) is 0 Å². The molecule has 0 aromatic heterocycles. The van der Waals surface area contributed by atoms with Gasteiger partial charge in [0.1, 0.15) is 6.29 Å². The molecule has 1 rings (SSSR count). The summed E-state index contributed by atoms with van der Waals surface area (Å²) < 4.78 is 0. The summed E-state index contributed by atoms with van der Waals surface area (Å²) in [5.74, 6) is -0.0614. The molecule has 0 unspecified atom stereocenters. The highest BCUT2D eigenvalue weighted by Crippen LogP contribution is 2.17. The number of aldehydes is 1. The highest BCUT2D eigenvalue weighted by molar-refractivity contribution is 6.30. The van der Waals surface area contributed by atoms with Gasteiger partial charge in [0.05, 0.1) is 0 Å². The molecule has 0 saturated carbocycles. The van der Waals surface area contributed by atoms with Crippen LogP contribution in [0, 0.1) is 0 Å². The van der Waals surface area contributed by atoms with Crippen LogP contribution in [0.1, 0.15) is 18.4 Å². The van der Waals surface area contributed by atoms with Crippen LogP contribution in [-0.4, -0.2) is 6.29 Å². The SMILES string of the molecule is C[C@H](C=O)c1cccc(Cl)c1. The van der Waals surface area contributed by atoms with Gasteiger partial charge in [-0.1, -0.05) is 30.7 Å². The van der Waals surface area contributed by atoms with E-state index >= 15 is 0 Å². The monoisotopic (exact) mass is 168 g/mol. The maximum absolute atomic E-state index is 10.4. The minimum atomic E-state index is -0.0614. The van der Waals surface area contributed by atoms with Gasteiger partial charge in [0.2, 0.25) is 0 Å². The summed E-state index contributed by atoms with van der Waals surface area (Å²) in [5, 5.41) is 0.677. The van der Waals surface area contributed by atoms with E-state index in [0.717, 1.165) is 11.8 Å². The number of halogens is 1. The van der Waals surface area contributed by atoms with Crippen molar-refractivity contribution < 1.29 is 4.79 Å². The molecule has 0 saturated heterocycles. The summed E-state index contributed by atoms with van der Waals surface area (Å²) >= 11 is 5.73. The average molecular weight is 169 g/mol. The maximum Gasteiger partial charge on any atom is 0.127 e. The van der Waals surface area contributed by atoms with E-state index in [2.05, 4.69) is 0 Å². The zero-order chi connectivity index (χ0) is 8.27. The lowest BCUT2D eigenvalue weighted by Crippen LogP contribution is -1.92. The minimum Gasteiger partial charge on any atom is -0.303 e. The number of carbonyl (C=O) groups is 1. The molecule has 0 radical (unpaired) electrons. The lowest BCUT2D eigenvalue weighted by Gasteiger charge is -2.02. The maximum atomic E-state index is 10.4. The third-order valence-corrected chi connectivity index (χ3v) is 1.81. The predicted molar refractivity (Wildman–Crippen MR) is 45.9 cm³/mol. The molecule has 0 spiro atoms. The topological polar surface area (TPSA) is 17.1 Å². The van der Waals surface area contributed by atoms with Gasteiger partial charge in [-0.2, -0.15) is 0 Å². The van der Waals surface area contributed by atoms with Crippen LogP contribution in [0.2, 0.25) is 5.02 Å². The molecule has 1 nitrogen and oxygen atoms in total. The third-order valence-electron chi connectivity index (χ3n) is 1.58. The Hall–Kier alpha value is -0.820. The van der Waals surface area contributed by atoms with Crippen molar-refractivity contribution in [3.05, 3.63) is 34.9 Å². The summed E-state index contributed by atoms with van der Waals surface area (Å²) in [6.07, 6.45) is 0.908. The summed E-state index contributed by atoms with van der Waals surface area (Å²) in [6.45, 7) is 1.85. The van der Waals surface area contributed by atoms with Crippen LogP contribution >= 0.6 is 11.6 Å². The van der Waals surface area contributed by atoms with Gasteiger partial charge in [-0.15, -0.1) is 0 Å². The van der Waals surface area contributed by atoms with Crippen LogP contribution in [0.15, 0.2) is 24.3 Å². The largest absolute Gasteiger partial charge is 0.303 e. The van der Waals surface area contributed by atoms with Crippen molar-refractivity contribution in [1.29, 1.82) is 0 Å². The van der Waals surface area contributed by atoms with Crippen LogP contribution in [-0.2, 0) is 4.79 Å². The molecule has 1 aromatic rings. The fraction of sp³-hybridized carbons (Fsp3) is 0.222. The second kappa shape index (κ2) is 3.54. The van der Waals surface area contributed by atoms with Gasteiger partial charge < -0.3 is 4.79 Å². The quantitative estimate of drug-likeness (QED) is 0.621. The fourth-order valence-electron chi connectivity index (χ4n) is 0.868. The smallest absolute Gasteiger partial charge is 0.127 e. The first-order chi connectivity index (χ1) is 5.24. The molecule has 0 aliphatic carbocycles. The molecule has 0 aliphatic heterocycles. The lowest BCUT2D eigenvalue weighted by molar-refractivity contribution is -0.108. The predicted octanol–water partition coefficient (Wildman–Crippen LogP) is 2.64. The van der Waals surface area contributed by atoms with E-state index in [4.69, 9.17) is 11.6 Å². The zero-order valence-electron chi connectivity index (χ0n) is 6.25. The molecule has 0 N–H and O–H groups in total. The summed E-state index contributed by atoms with van der Waals surface area (Å²) in [7, 11) is 0. The number of carbonyl (C=O) groups excluding carboxylic acids is 1. The van der Waals surface area contributed by atoms with Crippen LogP contribution in [0.5, 0.6) is 0 Å². The molecule has 2 heteroatoms. The Morgan fingerprint density at radius 3 is 2.82 bits per heavy atom. The van der Waals surface area contributed by atoms with E-state index in [9.17, 15) is 4.79 Å². The van der Waals surface area contributed by atoms with E-state index in [1.54, 1.807) is 12.1 Å². The van der Waals surface area contributed by atoms with Gasteiger partial charge >= 0.3 is 0 Å². The van der Waals surface area contributed by atoms with Crippen molar-refractivity contribution >= 4 is 17.9 Å². The minimum absolute atomic E-state index is 0.0614. The molecule has 1 atom stereocenters. The van der Waals surface area contributed by atoms with E-state index in [-0.39, 0.29) is 5.92 Å². The van der Waals surface area contributed by atoms with Crippen molar-refractivity contribution in [3.63, 3.8) is 0 Å². The number of hydrogen-bond acceptors (Lipinski definition) is 1. The Morgan fingerprint density at radius 2 is 2.27 bits per heavy atom. The molecule has 0 fully saturated rings. The van der Waals surface area contributed by atoms with Crippen LogP contribution in [0.4, 0.5) is 0 Å². The zero-order valence-corrected chi connectivity index (χ0v) is 7.01. The van der Waals surface area contributed by atoms with Crippen molar-refractivity contribution in [3.8, 4) is 0 Å². The third kappa shape index (κ3) is 2.05. The van der Waals surface area contributed by atoms with Gasteiger partial charge in [-0.05, 0) is 17.7 Å². The number of hydrogen-bond donors (Lipinski definition) is 0. The Labute approximate surface area is 71.0 Å². The van der Waals surface area contributed by atoms with Crippen LogP contribution in [0.25, 0.3) is 0 Å². The van der Waals surface area contributed by atoms with E-state index in [1.807, 2.05) is 19.1 Å². The molecule has 0 heterocycles. The fourth-order valence-corrected chi connectivity index (χ4v) is 1.07. The first-order valence-electron chi connectivity index (χ1n) is 3.45. The van der Waals surface area contributed by atoms with E-state index in [0.29, 0.717) is 5.02 Å². The Balaban J connectivity index is 2.95. The summed E-state index contributed by atoms with van der Waals surface area (Å²) in [4.78, 5) is 10.4. The average Bonchev–Trinajstić information content (AvgIpc) is 2.03. The molecular weight excluding hydrogens is 160 g/mol. The molecule has 11 heavy (non-hydrogen) atoms. The molecule has 58 valence electrons. The Bertz CT molecular complexity index is 257. The molecule has 0 bridgehead atoms. The molecule has 1 aromatic carbocycles. The second-order valence-corrected chi connectivity index (χ2v) is 2.92. The van der Waals surface area contributed by atoms with E-state index in [1.165, 1.54) is 0 Å². The lowest BCUT2D eigenvalue weighted by atomic mass is 10.0. The highest BCUT2D eigenvalue weighted by atomic mass is 35.5. The van der Waals surface area contributed by atoms with Crippen molar-refractivity contribution in [2.45, 2.75) is 12.8 Å². The normalized spacial score (nSPS) is 12.5. The summed E-state index contributed by atoms with van der Waals surface area (Å²) in [5.41, 5.74) is 0.965. The van der Waals surface area contributed by atoms with Gasteiger partial charge in [0, 0.05) is 10.9 Å². The first kappa shape index (κ1) is 8.28. The Kier molecular flexibility index (Phi) is 2.66. The van der Waals surface area contributed by atoms with Gasteiger partial charge in [0.25, 0.3) is 0 Å². The molecular formula is C9H9ClO.